The molecular formula is C54H35N. The number of hydrogen-bond donors (Lipinski definition) is 0. The molecule has 0 saturated carbocycles. The van der Waals surface area contributed by atoms with Crippen LogP contribution in [0, 0.1) is 0 Å². The van der Waals surface area contributed by atoms with Gasteiger partial charge < -0.3 is 4.57 Å². The van der Waals surface area contributed by atoms with Gasteiger partial charge in [0, 0.05) is 16.5 Å². The summed E-state index contributed by atoms with van der Waals surface area (Å²) in [5.74, 6) is 0. The van der Waals surface area contributed by atoms with E-state index in [4.69, 9.17) is 0 Å². The molecule has 0 N–H and O–H groups in total. The van der Waals surface area contributed by atoms with E-state index < -0.39 is 0 Å². The molecule has 0 bridgehead atoms. The van der Waals surface area contributed by atoms with Crippen LogP contribution in [-0.4, -0.2) is 4.57 Å². The molecule has 11 aromatic rings. The van der Waals surface area contributed by atoms with E-state index >= 15 is 0 Å². The van der Waals surface area contributed by atoms with Gasteiger partial charge in [0.1, 0.15) is 0 Å². The highest BCUT2D eigenvalue weighted by Crippen LogP contribution is 2.43. The van der Waals surface area contributed by atoms with Crippen LogP contribution in [0.15, 0.2) is 212 Å². The van der Waals surface area contributed by atoms with E-state index in [9.17, 15) is 0 Å². The molecule has 0 aliphatic heterocycles. The molecule has 0 spiro atoms. The lowest BCUT2D eigenvalue weighted by molar-refractivity contribution is 1.18. The zero-order chi connectivity index (χ0) is 36.3. The minimum atomic E-state index is 1.16. The average Bonchev–Trinajstić information content (AvgIpc) is 3.60. The van der Waals surface area contributed by atoms with Crippen LogP contribution >= 0.6 is 0 Å². The van der Waals surface area contributed by atoms with Crippen molar-refractivity contribution >= 4 is 54.1 Å². The van der Waals surface area contributed by atoms with Gasteiger partial charge in [-0.3, -0.25) is 0 Å². The largest absolute Gasteiger partial charge is 0.309 e. The number of benzene rings is 10. The summed E-state index contributed by atoms with van der Waals surface area (Å²) in [6.45, 7) is 0. The maximum absolute atomic E-state index is 2.44. The van der Waals surface area contributed by atoms with E-state index in [1.807, 2.05) is 0 Å². The molecule has 0 radical (unpaired) electrons. The summed E-state index contributed by atoms with van der Waals surface area (Å²) in [7, 11) is 0. The van der Waals surface area contributed by atoms with Gasteiger partial charge in [-0.05, 0) is 131 Å². The van der Waals surface area contributed by atoms with Gasteiger partial charge in [-0.2, -0.15) is 0 Å². The summed E-state index contributed by atoms with van der Waals surface area (Å²) in [6.07, 6.45) is 0. The van der Waals surface area contributed by atoms with Crippen molar-refractivity contribution in [2.75, 3.05) is 0 Å². The van der Waals surface area contributed by atoms with Crippen molar-refractivity contribution in [3.63, 3.8) is 0 Å². The summed E-state index contributed by atoms with van der Waals surface area (Å²) in [4.78, 5) is 0. The van der Waals surface area contributed by atoms with Crippen LogP contribution in [0.4, 0.5) is 0 Å². The number of para-hydroxylation sites is 1. The van der Waals surface area contributed by atoms with Crippen molar-refractivity contribution in [3.8, 4) is 50.2 Å². The van der Waals surface area contributed by atoms with Crippen LogP contribution in [-0.2, 0) is 0 Å². The third kappa shape index (κ3) is 5.24. The number of fused-ring (bicyclic) bond motifs is 9. The Morgan fingerprint density at radius 1 is 0.200 bits per heavy atom. The lowest BCUT2D eigenvalue weighted by Gasteiger charge is -2.15. The topological polar surface area (TPSA) is 4.93 Å². The Morgan fingerprint density at radius 2 is 0.618 bits per heavy atom. The number of nitrogens with zero attached hydrogens (tertiary/aromatic N) is 1. The van der Waals surface area contributed by atoms with Crippen molar-refractivity contribution in [2.45, 2.75) is 0 Å². The molecule has 0 fully saturated rings. The molecule has 0 aliphatic rings. The molecule has 0 saturated heterocycles. The Kier molecular flexibility index (Phi) is 7.25. The molecule has 256 valence electrons. The van der Waals surface area contributed by atoms with E-state index in [1.54, 1.807) is 0 Å². The summed E-state index contributed by atoms with van der Waals surface area (Å²) < 4.78 is 2.44. The van der Waals surface area contributed by atoms with Gasteiger partial charge in [0.15, 0.2) is 0 Å². The van der Waals surface area contributed by atoms with Crippen LogP contribution < -0.4 is 0 Å². The first-order valence-corrected chi connectivity index (χ1v) is 19.0. The zero-order valence-corrected chi connectivity index (χ0v) is 30.2. The second-order valence-corrected chi connectivity index (χ2v) is 14.5. The Balaban J connectivity index is 1.14. The SMILES string of the molecule is c1ccc(-c2ccc(-n3c4ccccc4c4cc5c6ccc(-c7cc(-c8ccccc8)cc(-c8ccccc8)c7)cc6c6ccccc6c5cc43)cc2)cc1. The lowest BCUT2D eigenvalue weighted by Crippen LogP contribution is -1.94. The van der Waals surface area contributed by atoms with Crippen molar-refractivity contribution < 1.29 is 0 Å². The highest BCUT2D eigenvalue weighted by atomic mass is 15.0. The first-order chi connectivity index (χ1) is 27.3. The van der Waals surface area contributed by atoms with Crippen molar-refractivity contribution in [1.29, 1.82) is 0 Å². The molecule has 0 amide bonds. The molecule has 10 aromatic carbocycles. The maximum atomic E-state index is 2.44. The molecule has 1 heteroatoms. The first-order valence-electron chi connectivity index (χ1n) is 19.0. The second-order valence-electron chi connectivity index (χ2n) is 14.5. The van der Waals surface area contributed by atoms with E-state index in [0.29, 0.717) is 0 Å². The van der Waals surface area contributed by atoms with Gasteiger partial charge in [0.25, 0.3) is 0 Å². The Morgan fingerprint density at radius 3 is 1.22 bits per heavy atom. The van der Waals surface area contributed by atoms with E-state index in [0.717, 1.165) is 5.69 Å². The highest BCUT2D eigenvalue weighted by molar-refractivity contribution is 6.29. The van der Waals surface area contributed by atoms with Crippen molar-refractivity contribution in [1.82, 2.24) is 4.57 Å². The predicted octanol–water partition coefficient (Wildman–Crippen LogP) is 14.9. The first kappa shape index (κ1) is 31.3. The molecule has 0 aliphatic carbocycles. The molecule has 1 aromatic heterocycles. The van der Waals surface area contributed by atoms with Gasteiger partial charge in [0.05, 0.1) is 11.0 Å². The minimum absolute atomic E-state index is 1.16. The third-order valence-electron chi connectivity index (χ3n) is 11.3. The molecule has 55 heavy (non-hydrogen) atoms. The minimum Gasteiger partial charge on any atom is -0.309 e. The van der Waals surface area contributed by atoms with Gasteiger partial charge in [0.2, 0.25) is 0 Å². The van der Waals surface area contributed by atoms with Crippen LogP contribution in [0.2, 0.25) is 0 Å². The van der Waals surface area contributed by atoms with Gasteiger partial charge in [-0.1, -0.05) is 158 Å². The molecule has 1 heterocycles. The lowest BCUT2D eigenvalue weighted by atomic mass is 9.89. The Hall–Kier alpha value is -7.22. The van der Waals surface area contributed by atoms with Crippen LogP contribution in [0.25, 0.3) is 104 Å². The fraction of sp³-hybridized carbons (Fsp3) is 0. The number of rotatable bonds is 5. The molecule has 0 unspecified atom stereocenters. The summed E-state index contributed by atoms with van der Waals surface area (Å²) in [6, 6.07) is 77.8. The third-order valence-corrected chi connectivity index (χ3v) is 11.3. The average molecular weight is 698 g/mol. The maximum Gasteiger partial charge on any atom is 0.0547 e. The summed E-state index contributed by atoms with van der Waals surface area (Å²) >= 11 is 0. The molecule has 1 nitrogen and oxygen atoms in total. The molecule has 11 rings (SSSR count). The summed E-state index contributed by atoms with van der Waals surface area (Å²) in [5.41, 5.74) is 13.3. The van der Waals surface area contributed by atoms with Crippen LogP contribution in [0.5, 0.6) is 0 Å². The number of hydrogen-bond acceptors (Lipinski definition) is 0. The zero-order valence-electron chi connectivity index (χ0n) is 30.2. The highest BCUT2D eigenvalue weighted by Gasteiger charge is 2.17. The fourth-order valence-corrected chi connectivity index (χ4v) is 8.70. The van der Waals surface area contributed by atoms with E-state index in [-0.39, 0.29) is 0 Å². The van der Waals surface area contributed by atoms with Crippen molar-refractivity contribution in [2.24, 2.45) is 0 Å². The Bertz CT molecular complexity index is 3150. The normalized spacial score (nSPS) is 11.6. The van der Waals surface area contributed by atoms with Crippen molar-refractivity contribution in [3.05, 3.63) is 212 Å². The second kappa shape index (κ2) is 12.7. The Labute approximate surface area is 320 Å². The fourth-order valence-electron chi connectivity index (χ4n) is 8.70. The smallest absolute Gasteiger partial charge is 0.0547 e. The van der Waals surface area contributed by atoms with Crippen LogP contribution in [0.3, 0.4) is 0 Å². The van der Waals surface area contributed by atoms with Crippen LogP contribution in [0.1, 0.15) is 0 Å². The van der Waals surface area contributed by atoms with E-state index in [1.165, 1.54) is 98.6 Å². The number of aromatic nitrogens is 1. The van der Waals surface area contributed by atoms with E-state index in [2.05, 4.69) is 217 Å². The standard InChI is InChI=1S/C54H35N/c1-4-14-36(15-5-1)39-24-27-44(28-25-39)55-53-23-13-12-22-48(53)52-34-50-47-29-26-40(33-49(47)45-20-10-11-21-46(45)51(50)35-54(52)55)43-31-41(37-16-6-2-7-17-37)30-42(32-43)38-18-8-3-9-19-38/h1-35H. The van der Waals surface area contributed by atoms with Gasteiger partial charge in [-0.15, -0.1) is 0 Å². The molecule has 0 atom stereocenters. The predicted molar refractivity (Wildman–Crippen MR) is 235 cm³/mol. The van der Waals surface area contributed by atoms with Gasteiger partial charge in [-0.25, -0.2) is 0 Å². The summed E-state index contributed by atoms with van der Waals surface area (Å²) in [5, 5.41) is 10.1. The van der Waals surface area contributed by atoms with Gasteiger partial charge >= 0.3 is 0 Å². The monoisotopic (exact) mass is 697 g/mol. The molecular weight excluding hydrogens is 663 g/mol. The quantitative estimate of drug-likeness (QED) is 0.158.